The quantitative estimate of drug-likeness (QED) is 0.0261. The molecule has 0 saturated heterocycles. The zero-order valence-electron chi connectivity index (χ0n) is 53.9. The molecule has 0 aliphatic rings. The summed E-state index contributed by atoms with van der Waals surface area (Å²) >= 11 is 0. The highest BCUT2D eigenvalue weighted by atomic mass is 16.6. The van der Waals surface area contributed by atoms with Crippen molar-refractivity contribution in [1.29, 1.82) is 0 Å². The summed E-state index contributed by atoms with van der Waals surface area (Å²) in [4.78, 5) is 38.3. The van der Waals surface area contributed by atoms with Crippen molar-refractivity contribution in [1.82, 2.24) is 0 Å². The van der Waals surface area contributed by atoms with Crippen LogP contribution in [0.5, 0.6) is 0 Å². The van der Waals surface area contributed by atoms with Crippen molar-refractivity contribution in [2.75, 3.05) is 13.2 Å². The summed E-state index contributed by atoms with van der Waals surface area (Å²) < 4.78 is 16.9. The maximum atomic E-state index is 12.9. The largest absolute Gasteiger partial charge is 0.462 e. The number of hydrogen-bond acceptors (Lipinski definition) is 6. The molecule has 0 amide bonds. The normalized spacial score (nSPS) is 12.3. The van der Waals surface area contributed by atoms with Crippen molar-refractivity contribution in [3.8, 4) is 0 Å². The molecule has 468 valence electrons. The second kappa shape index (κ2) is 68.9. The lowest BCUT2D eigenvalue weighted by Crippen LogP contribution is -2.30. The van der Waals surface area contributed by atoms with Gasteiger partial charge in [0.2, 0.25) is 0 Å². The Morgan fingerprint density at radius 3 is 0.725 bits per heavy atom. The molecule has 0 aromatic heterocycles. The Labute approximate surface area is 498 Å². The van der Waals surface area contributed by atoms with E-state index >= 15 is 0 Å². The van der Waals surface area contributed by atoms with Gasteiger partial charge in [0.05, 0.1) is 0 Å². The van der Waals surface area contributed by atoms with Crippen LogP contribution < -0.4 is 0 Å². The van der Waals surface area contributed by atoms with E-state index in [1.54, 1.807) is 0 Å². The van der Waals surface area contributed by atoms with Crippen molar-refractivity contribution in [2.45, 2.75) is 393 Å². The Morgan fingerprint density at radius 2 is 0.450 bits per heavy atom. The van der Waals surface area contributed by atoms with Gasteiger partial charge < -0.3 is 14.2 Å². The van der Waals surface area contributed by atoms with Crippen LogP contribution in [0.25, 0.3) is 0 Å². The monoisotopic (exact) mass is 1120 g/mol. The predicted octanol–water partition coefficient (Wildman–Crippen LogP) is 24.5. The van der Waals surface area contributed by atoms with Crippen molar-refractivity contribution in [2.24, 2.45) is 0 Å². The second-order valence-electron chi connectivity index (χ2n) is 24.1. The van der Waals surface area contributed by atoms with Crippen LogP contribution in [-0.2, 0) is 28.6 Å². The smallest absolute Gasteiger partial charge is 0.306 e. The van der Waals surface area contributed by atoms with Crippen LogP contribution in [0.3, 0.4) is 0 Å². The molecule has 0 fully saturated rings. The van der Waals surface area contributed by atoms with Crippen LogP contribution in [-0.4, -0.2) is 37.2 Å². The topological polar surface area (TPSA) is 78.9 Å². The molecule has 0 N–H and O–H groups in total. The van der Waals surface area contributed by atoms with E-state index in [4.69, 9.17) is 14.2 Å². The van der Waals surface area contributed by atoms with Gasteiger partial charge >= 0.3 is 17.9 Å². The molecule has 0 aromatic carbocycles. The molecular formula is C74H136O6. The Kier molecular flexibility index (Phi) is 66.6. The average molecular weight is 1120 g/mol. The fourth-order valence-corrected chi connectivity index (χ4v) is 10.6. The minimum atomic E-state index is -0.777. The third-order valence-electron chi connectivity index (χ3n) is 16.0. The fourth-order valence-electron chi connectivity index (χ4n) is 10.6. The van der Waals surface area contributed by atoms with Gasteiger partial charge in [-0.1, -0.05) is 313 Å². The maximum absolute atomic E-state index is 12.9. The van der Waals surface area contributed by atoms with Gasteiger partial charge in [0.1, 0.15) is 13.2 Å². The van der Waals surface area contributed by atoms with Crippen LogP contribution in [0.1, 0.15) is 387 Å². The van der Waals surface area contributed by atoms with Crippen LogP contribution in [0.15, 0.2) is 48.6 Å². The summed E-state index contributed by atoms with van der Waals surface area (Å²) in [6, 6.07) is 0. The molecule has 0 rings (SSSR count). The highest BCUT2D eigenvalue weighted by Gasteiger charge is 2.19. The lowest BCUT2D eigenvalue weighted by molar-refractivity contribution is -0.167. The van der Waals surface area contributed by atoms with Gasteiger partial charge in [-0.15, -0.1) is 0 Å². The van der Waals surface area contributed by atoms with E-state index < -0.39 is 6.10 Å². The van der Waals surface area contributed by atoms with E-state index in [1.807, 2.05) is 0 Å². The number of carbonyl (C=O) groups excluding carboxylic acids is 3. The Hall–Kier alpha value is -2.63. The van der Waals surface area contributed by atoms with Crippen molar-refractivity contribution in [3.63, 3.8) is 0 Å². The molecule has 1 unspecified atom stereocenters. The first-order valence-electron chi connectivity index (χ1n) is 35.6. The molecule has 0 aliphatic carbocycles. The van der Waals surface area contributed by atoms with Crippen LogP contribution >= 0.6 is 0 Å². The summed E-state index contributed by atoms with van der Waals surface area (Å²) in [6.07, 6.45) is 87.3. The molecular weight excluding hydrogens is 985 g/mol. The summed E-state index contributed by atoms with van der Waals surface area (Å²) in [5.41, 5.74) is 0. The SMILES string of the molecule is CCCCC/C=C\CCCCCCCC(=O)OCC(COC(=O)CCCCCCCCCCCCCCCCCCCCCCC/C=C\C/C=C\CCCCCCC)OC(=O)CCCCCCCCC/C=C\CCCCCCCC. The summed E-state index contributed by atoms with van der Waals surface area (Å²) in [5.74, 6) is -0.864. The minimum Gasteiger partial charge on any atom is -0.462 e. The van der Waals surface area contributed by atoms with E-state index in [-0.39, 0.29) is 31.1 Å². The van der Waals surface area contributed by atoms with Gasteiger partial charge in [-0.3, -0.25) is 14.4 Å². The second-order valence-corrected chi connectivity index (χ2v) is 24.1. The molecule has 0 radical (unpaired) electrons. The number of unbranched alkanes of at least 4 members (excludes halogenated alkanes) is 47. The number of carbonyl (C=O) groups is 3. The Morgan fingerprint density at radius 1 is 0.250 bits per heavy atom. The summed E-state index contributed by atoms with van der Waals surface area (Å²) in [5, 5.41) is 0. The van der Waals surface area contributed by atoms with Crippen molar-refractivity contribution >= 4 is 17.9 Å². The minimum absolute atomic E-state index is 0.0730. The molecule has 1 atom stereocenters. The Bertz CT molecular complexity index is 1380. The van der Waals surface area contributed by atoms with E-state index in [0.29, 0.717) is 19.3 Å². The first kappa shape index (κ1) is 77.4. The standard InChI is InChI=1S/C74H136O6/c1-4-7-10-13-16-19-22-25-27-29-30-31-32-33-34-35-36-37-38-39-40-41-42-43-44-46-47-49-52-55-58-61-64-67-73(76)79-70-71(69-78-72(75)66-63-60-57-54-51-24-21-18-15-12-9-6-3)80-74(77)68-65-62-59-56-53-50-48-45-28-26-23-20-17-14-11-8-5-2/h18,21-22,25-26,28-30,71H,4-17,19-20,23-24,27,31-70H2,1-3H3/b21-18-,25-22-,28-26-,30-29-. The average Bonchev–Trinajstić information content (AvgIpc) is 3.46. The third kappa shape index (κ3) is 66.2. The van der Waals surface area contributed by atoms with Crippen molar-refractivity contribution < 1.29 is 28.6 Å². The number of ether oxygens (including phenoxy) is 3. The maximum Gasteiger partial charge on any atom is 0.306 e. The van der Waals surface area contributed by atoms with Crippen LogP contribution in [0, 0.1) is 0 Å². The van der Waals surface area contributed by atoms with Gasteiger partial charge in [-0.2, -0.15) is 0 Å². The molecule has 0 saturated carbocycles. The number of allylic oxidation sites excluding steroid dienone is 8. The lowest BCUT2D eigenvalue weighted by Gasteiger charge is -2.18. The molecule has 0 bridgehead atoms. The molecule has 0 heterocycles. The summed E-state index contributed by atoms with van der Waals surface area (Å²) in [6.45, 7) is 6.65. The van der Waals surface area contributed by atoms with E-state index in [9.17, 15) is 14.4 Å². The molecule has 80 heavy (non-hydrogen) atoms. The molecule has 0 aliphatic heterocycles. The van der Waals surface area contributed by atoms with E-state index in [0.717, 1.165) is 70.6 Å². The first-order valence-corrected chi connectivity index (χ1v) is 35.6. The summed E-state index contributed by atoms with van der Waals surface area (Å²) in [7, 11) is 0. The third-order valence-corrected chi connectivity index (χ3v) is 16.0. The highest BCUT2D eigenvalue weighted by Crippen LogP contribution is 2.18. The van der Waals surface area contributed by atoms with Crippen molar-refractivity contribution in [3.05, 3.63) is 48.6 Å². The highest BCUT2D eigenvalue weighted by molar-refractivity contribution is 5.71. The molecule has 0 spiro atoms. The first-order chi connectivity index (χ1) is 39.5. The fraction of sp³-hybridized carbons (Fsp3) is 0.851. The van der Waals surface area contributed by atoms with Crippen LogP contribution in [0.2, 0.25) is 0 Å². The Balaban J connectivity index is 4.10. The van der Waals surface area contributed by atoms with E-state index in [2.05, 4.69) is 69.4 Å². The number of esters is 3. The predicted molar refractivity (Wildman–Crippen MR) is 349 cm³/mol. The van der Waals surface area contributed by atoms with Gasteiger partial charge in [0.25, 0.3) is 0 Å². The molecule has 0 aromatic rings. The number of hydrogen-bond donors (Lipinski definition) is 0. The molecule has 6 nitrogen and oxygen atoms in total. The van der Waals surface area contributed by atoms with Gasteiger partial charge in [-0.05, 0) is 103 Å². The van der Waals surface area contributed by atoms with E-state index in [1.165, 1.54) is 276 Å². The number of rotatable bonds is 66. The van der Waals surface area contributed by atoms with Gasteiger partial charge in [-0.25, -0.2) is 0 Å². The van der Waals surface area contributed by atoms with Gasteiger partial charge in [0.15, 0.2) is 6.10 Å². The van der Waals surface area contributed by atoms with Gasteiger partial charge in [0, 0.05) is 19.3 Å². The zero-order valence-corrected chi connectivity index (χ0v) is 53.9. The lowest BCUT2D eigenvalue weighted by atomic mass is 10.0. The zero-order chi connectivity index (χ0) is 57.8. The van der Waals surface area contributed by atoms with Crippen LogP contribution in [0.4, 0.5) is 0 Å². The molecule has 6 heteroatoms.